The number of hydrogen-bond acceptors (Lipinski definition) is 4. The van der Waals surface area contributed by atoms with Gasteiger partial charge in [-0.2, -0.15) is 0 Å². The summed E-state index contributed by atoms with van der Waals surface area (Å²) in [5.74, 6) is 0.738. The molecule has 0 spiro atoms. The Kier molecular flexibility index (Phi) is 4.55. The maximum atomic E-state index is 11.7. The van der Waals surface area contributed by atoms with Crippen LogP contribution in [0.15, 0.2) is 39.7 Å². The maximum absolute atomic E-state index is 11.7. The summed E-state index contributed by atoms with van der Waals surface area (Å²) in [7, 11) is 0. The van der Waals surface area contributed by atoms with Gasteiger partial charge >= 0.3 is 0 Å². The third kappa shape index (κ3) is 3.64. The molecule has 0 atom stereocenters. The standard InChI is InChI=1S/C17H21NO3/c19-16-7-12-21-17-6-5-14(13-15(16)17)20-11-4-3-10-18-8-1-2-9-18/h5-7,12-13H,1-4,8-11H2. The molecule has 1 aliphatic heterocycles. The van der Waals surface area contributed by atoms with Crippen molar-refractivity contribution in [3.05, 3.63) is 40.8 Å². The van der Waals surface area contributed by atoms with E-state index in [4.69, 9.17) is 9.15 Å². The van der Waals surface area contributed by atoms with E-state index in [0.29, 0.717) is 17.6 Å². The molecule has 112 valence electrons. The lowest BCUT2D eigenvalue weighted by atomic mass is 10.2. The molecule has 1 fully saturated rings. The minimum absolute atomic E-state index is 0.0317. The molecule has 2 heterocycles. The average molecular weight is 287 g/mol. The first kappa shape index (κ1) is 14.1. The van der Waals surface area contributed by atoms with E-state index in [2.05, 4.69) is 4.90 Å². The minimum atomic E-state index is -0.0317. The second kappa shape index (κ2) is 6.76. The van der Waals surface area contributed by atoms with Crippen LogP contribution in [0.4, 0.5) is 0 Å². The summed E-state index contributed by atoms with van der Waals surface area (Å²) in [6.07, 6.45) is 6.31. The third-order valence-electron chi connectivity index (χ3n) is 3.97. The van der Waals surface area contributed by atoms with E-state index in [1.807, 2.05) is 6.07 Å². The van der Waals surface area contributed by atoms with Gasteiger partial charge in [0.1, 0.15) is 11.3 Å². The normalized spacial score (nSPS) is 15.6. The van der Waals surface area contributed by atoms with Gasteiger partial charge < -0.3 is 14.1 Å². The highest BCUT2D eigenvalue weighted by Crippen LogP contribution is 2.18. The van der Waals surface area contributed by atoms with Gasteiger partial charge in [0.05, 0.1) is 18.3 Å². The Morgan fingerprint density at radius 2 is 2.00 bits per heavy atom. The Morgan fingerprint density at radius 1 is 1.14 bits per heavy atom. The van der Waals surface area contributed by atoms with Crippen molar-refractivity contribution in [1.82, 2.24) is 4.90 Å². The molecular weight excluding hydrogens is 266 g/mol. The molecule has 1 aliphatic rings. The Balaban J connectivity index is 1.48. The molecular formula is C17H21NO3. The van der Waals surface area contributed by atoms with Crippen molar-refractivity contribution < 1.29 is 9.15 Å². The predicted octanol–water partition coefficient (Wildman–Crippen LogP) is 3.05. The first-order chi connectivity index (χ1) is 10.3. The second-order valence-electron chi connectivity index (χ2n) is 5.55. The number of benzene rings is 1. The van der Waals surface area contributed by atoms with Crippen LogP contribution in [0.2, 0.25) is 0 Å². The first-order valence-electron chi connectivity index (χ1n) is 7.70. The van der Waals surface area contributed by atoms with Crippen molar-refractivity contribution in [2.45, 2.75) is 25.7 Å². The molecule has 3 rings (SSSR count). The van der Waals surface area contributed by atoms with Gasteiger partial charge in [0, 0.05) is 6.07 Å². The van der Waals surface area contributed by atoms with Crippen LogP contribution in [0.25, 0.3) is 11.0 Å². The largest absolute Gasteiger partial charge is 0.494 e. The zero-order valence-corrected chi connectivity index (χ0v) is 12.2. The van der Waals surface area contributed by atoms with Gasteiger partial charge in [-0.25, -0.2) is 0 Å². The molecule has 0 unspecified atom stereocenters. The van der Waals surface area contributed by atoms with Crippen LogP contribution in [0.5, 0.6) is 5.75 Å². The topological polar surface area (TPSA) is 42.7 Å². The Morgan fingerprint density at radius 3 is 2.86 bits per heavy atom. The summed E-state index contributed by atoms with van der Waals surface area (Å²) in [5.41, 5.74) is 0.569. The smallest absolute Gasteiger partial charge is 0.192 e. The summed E-state index contributed by atoms with van der Waals surface area (Å²) in [5, 5.41) is 0.576. The molecule has 1 aromatic heterocycles. The molecule has 0 saturated carbocycles. The van der Waals surface area contributed by atoms with Crippen molar-refractivity contribution in [3.63, 3.8) is 0 Å². The molecule has 4 nitrogen and oxygen atoms in total. The summed E-state index contributed by atoms with van der Waals surface area (Å²) < 4.78 is 11.0. The third-order valence-corrected chi connectivity index (χ3v) is 3.97. The van der Waals surface area contributed by atoms with Gasteiger partial charge in [0.25, 0.3) is 0 Å². The molecule has 0 N–H and O–H groups in total. The molecule has 1 aromatic carbocycles. The molecule has 1 saturated heterocycles. The number of rotatable bonds is 6. The first-order valence-corrected chi connectivity index (χ1v) is 7.70. The van der Waals surface area contributed by atoms with Crippen LogP contribution in [0.3, 0.4) is 0 Å². The predicted molar refractivity (Wildman–Crippen MR) is 82.9 cm³/mol. The Labute approximate surface area is 124 Å². The van der Waals surface area contributed by atoms with E-state index in [-0.39, 0.29) is 5.43 Å². The van der Waals surface area contributed by atoms with Gasteiger partial charge in [-0.05, 0) is 63.5 Å². The molecule has 2 aromatic rings. The summed E-state index contributed by atoms with van der Waals surface area (Å²) in [6, 6.07) is 6.84. The fraction of sp³-hybridized carbons (Fsp3) is 0.471. The van der Waals surface area contributed by atoms with Crippen LogP contribution in [-0.4, -0.2) is 31.1 Å². The zero-order chi connectivity index (χ0) is 14.5. The fourth-order valence-electron chi connectivity index (χ4n) is 2.79. The van der Waals surface area contributed by atoms with Crippen molar-refractivity contribution in [2.75, 3.05) is 26.2 Å². The molecule has 0 aliphatic carbocycles. The Bertz CT molecular complexity index is 644. The van der Waals surface area contributed by atoms with Crippen molar-refractivity contribution in [1.29, 1.82) is 0 Å². The number of hydrogen-bond donors (Lipinski definition) is 0. The number of likely N-dealkylation sites (tertiary alicyclic amines) is 1. The lowest BCUT2D eigenvalue weighted by molar-refractivity contribution is 0.280. The van der Waals surface area contributed by atoms with E-state index >= 15 is 0 Å². The summed E-state index contributed by atoms with van der Waals surface area (Å²) in [6.45, 7) is 4.37. The number of nitrogens with zero attached hydrogens (tertiary/aromatic N) is 1. The maximum Gasteiger partial charge on any atom is 0.192 e. The average Bonchev–Trinajstić information content (AvgIpc) is 3.01. The van der Waals surface area contributed by atoms with E-state index in [1.54, 1.807) is 12.1 Å². The highest BCUT2D eigenvalue weighted by molar-refractivity contribution is 5.77. The van der Waals surface area contributed by atoms with E-state index < -0.39 is 0 Å². The molecule has 0 amide bonds. The van der Waals surface area contributed by atoms with Crippen LogP contribution in [0, 0.1) is 0 Å². The van der Waals surface area contributed by atoms with Crippen molar-refractivity contribution in [2.24, 2.45) is 0 Å². The number of ether oxygens (including phenoxy) is 1. The van der Waals surface area contributed by atoms with Crippen LogP contribution in [0.1, 0.15) is 25.7 Å². The van der Waals surface area contributed by atoms with E-state index in [9.17, 15) is 4.79 Å². The minimum Gasteiger partial charge on any atom is -0.494 e. The number of fused-ring (bicyclic) bond motifs is 1. The lowest BCUT2D eigenvalue weighted by Gasteiger charge is -2.14. The van der Waals surface area contributed by atoms with Crippen molar-refractivity contribution >= 4 is 11.0 Å². The number of unbranched alkanes of at least 4 members (excludes halogenated alkanes) is 1. The molecule has 4 heteroatoms. The summed E-state index contributed by atoms with van der Waals surface area (Å²) >= 11 is 0. The van der Waals surface area contributed by atoms with Gasteiger partial charge in [-0.1, -0.05) is 0 Å². The van der Waals surface area contributed by atoms with Gasteiger partial charge in [-0.15, -0.1) is 0 Å². The van der Waals surface area contributed by atoms with E-state index in [0.717, 1.165) is 18.6 Å². The van der Waals surface area contributed by atoms with Gasteiger partial charge in [0.15, 0.2) is 5.43 Å². The van der Waals surface area contributed by atoms with Crippen LogP contribution >= 0.6 is 0 Å². The molecule has 21 heavy (non-hydrogen) atoms. The monoisotopic (exact) mass is 287 g/mol. The fourth-order valence-corrected chi connectivity index (χ4v) is 2.79. The highest BCUT2D eigenvalue weighted by atomic mass is 16.5. The Hall–Kier alpha value is -1.81. The van der Waals surface area contributed by atoms with Gasteiger partial charge in [-0.3, -0.25) is 4.79 Å². The van der Waals surface area contributed by atoms with E-state index in [1.165, 1.54) is 44.8 Å². The highest BCUT2D eigenvalue weighted by Gasteiger charge is 2.10. The second-order valence-corrected chi connectivity index (χ2v) is 5.55. The zero-order valence-electron chi connectivity index (χ0n) is 12.2. The summed E-state index contributed by atoms with van der Waals surface area (Å²) in [4.78, 5) is 14.2. The molecule has 0 radical (unpaired) electrons. The SMILES string of the molecule is O=c1ccoc2ccc(OCCCCN3CCCC3)cc12. The quantitative estimate of drug-likeness (QED) is 0.766. The van der Waals surface area contributed by atoms with Crippen molar-refractivity contribution in [3.8, 4) is 5.75 Å². The van der Waals surface area contributed by atoms with Gasteiger partial charge in [0.2, 0.25) is 0 Å². The van der Waals surface area contributed by atoms with Crippen LogP contribution in [-0.2, 0) is 0 Å². The lowest BCUT2D eigenvalue weighted by Crippen LogP contribution is -2.20. The van der Waals surface area contributed by atoms with Crippen LogP contribution < -0.4 is 10.2 Å². The molecule has 0 bridgehead atoms.